The number of aliphatic hydroxyl groups excluding tert-OH is 1. The first-order chi connectivity index (χ1) is 33.6. The van der Waals surface area contributed by atoms with E-state index in [0.717, 1.165) is 38.5 Å². The standard InChI is InChI=1S/C51H100O17/c1-3-5-7-9-11-13-15-17-19-21-50(53)67-48-49(68-51(54)22-20-18-16-14-12-10-8-6-4-2)47-66-46-45-65-44-43-64-42-41-63-40-39-62-38-37-61-36-35-60-34-33-59-32-31-58-30-29-57-28-27-56-26-25-55-24-23-52/h49,52H,3-48H2,1-2H3/t49-/m0/s1. The Morgan fingerprint density at radius 3 is 0.853 bits per heavy atom. The van der Waals surface area contributed by atoms with Crippen LogP contribution in [0.5, 0.6) is 0 Å². The number of rotatable bonds is 60. The predicted octanol–water partition coefficient (Wildman–Crippen LogP) is 7.47. The smallest absolute Gasteiger partial charge is 0.306 e. The van der Waals surface area contributed by atoms with Gasteiger partial charge in [0.15, 0.2) is 6.10 Å². The van der Waals surface area contributed by atoms with Gasteiger partial charge in [-0.3, -0.25) is 9.59 Å². The maximum atomic E-state index is 12.7. The van der Waals surface area contributed by atoms with Crippen LogP contribution in [0.3, 0.4) is 0 Å². The van der Waals surface area contributed by atoms with Crippen molar-refractivity contribution in [3.63, 3.8) is 0 Å². The summed E-state index contributed by atoms with van der Waals surface area (Å²) in [4.78, 5) is 25.1. The van der Waals surface area contributed by atoms with Crippen molar-refractivity contribution in [2.45, 2.75) is 148 Å². The van der Waals surface area contributed by atoms with Crippen LogP contribution in [-0.2, 0) is 75.9 Å². The van der Waals surface area contributed by atoms with E-state index in [0.29, 0.717) is 165 Å². The minimum absolute atomic E-state index is 0.00699. The summed E-state index contributed by atoms with van der Waals surface area (Å²) >= 11 is 0. The molecule has 406 valence electrons. The van der Waals surface area contributed by atoms with Gasteiger partial charge in [0, 0.05) is 12.8 Å². The fraction of sp³-hybridized carbons (Fsp3) is 0.961. The van der Waals surface area contributed by atoms with E-state index in [4.69, 9.17) is 71.4 Å². The summed E-state index contributed by atoms with van der Waals surface area (Å²) in [6.07, 6.45) is 21.3. The van der Waals surface area contributed by atoms with Crippen LogP contribution in [0.25, 0.3) is 0 Å². The summed E-state index contributed by atoms with van der Waals surface area (Å²) in [5.41, 5.74) is 0. The SMILES string of the molecule is CCCCCCCCCCCC(=O)OC[C@H](COCCOCCOCCOCCOCCOCCOCCOCCOCCOCCOCCOCCO)OC(=O)CCCCCCCCCCC. The molecule has 1 atom stereocenters. The van der Waals surface area contributed by atoms with Crippen LogP contribution in [0.15, 0.2) is 0 Å². The third-order valence-electron chi connectivity index (χ3n) is 10.3. The Labute approximate surface area is 412 Å². The molecule has 0 aromatic rings. The fourth-order valence-electron chi connectivity index (χ4n) is 6.48. The minimum atomic E-state index is -0.650. The molecule has 1 N–H and O–H groups in total. The molecule has 17 nitrogen and oxygen atoms in total. The zero-order chi connectivity index (χ0) is 49.2. The van der Waals surface area contributed by atoms with Gasteiger partial charge in [0.05, 0.1) is 165 Å². The molecule has 0 rings (SSSR count). The number of ether oxygens (including phenoxy) is 14. The molecule has 0 aromatic carbocycles. The molecule has 0 bridgehead atoms. The highest BCUT2D eigenvalue weighted by Gasteiger charge is 2.18. The van der Waals surface area contributed by atoms with Crippen LogP contribution in [0, 0.1) is 0 Å². The lowest BCUT2D eigenvalue weighted by atomic mass is 10.1. The first kappa shape index (κ1) is 66.4. The highest BCUT2D eigenvalue weighted by atomic mass is 16.6. The van der Waals surface area contributed by atoms with E-state index >= 15 is 0 Å². The number of carbonyl (C=O) groups excluding carboxylic acids is 2. The van der Waals surface area contributed by atoms with Crippen molar-refractivity contribution in [1.29, 1.82) is 0 Å². The fourth-order valence-corrected chi connectivity index (χ4v) is 6.48. The number of aliphatic hydroxyl groups is 1. The maximum absolute atomic E-state index is 12.7. The third-order valence-corrected chi connectivity index (χ3v) is 10.3. The molecule has 0 fully saturated rings. The summed E-state index contributed by atoms with van der Waals surface area (Å²) in [5, 5.41) is 8.62. The maximum Gasteiger partial charge on any atom is 0.306 e. The average molecular weight is 985 g/mol. The van der Waals surface area contributed by atoms with E-state index in [9.17, 15) is 9.59 Å². The number of hydrogen-bond acceptors (Lipinski definition) is 17. The molecule has 0 saturated heterocycles. The van der Waals surface area contributed by atoms with Crippen LogP contribution in [0.4, 0.5) is 0 Å². The molecule has 0 aromatic heterocycles. The number of carbonyl (C=O) groups is 2. The van der Waals surface area contributed by atoms with Crippen molar-refractivity contribution in [3.05, 3.63) is 0 Å². The van der Waals surface area contributed by atoms with Crippen LogP contribution in [0.1, 0.15) is 142 Å². The monoisotopic (exact) mass is 985 g/mol. The van der Waals surface area contributed by atoms with Gasteiger partial charge in [0.25, 0.3) is 0 Å². The summed E-state index contributed by atoms with van der Waals surface area (Å²) < 4.78 is 77.1. The first-order valence-corrected chi connectivity index (χ1v) is 26.5. The van der Waals surface area contributed by atoms with Gasteiger partial charge in [-0.15, -0.1) is 0 Å². The number of unbranched alkanes of at least 4 members (excludes halogenated alkanes) is 16. The van der Waals surface area contributed by atoms with E-state index in [2.05, 4.69) is 13.8 Å². The molecule has 0 heterocycles. The molecule has 68 heavy (non-hydrogen) atoms. The zero-order valence-electron chi connectivity index (χ0n) is 43.1. The van der Waals surface area contributed by atoms with Crippen molar-refractivity contribution >= 4 is 11.9 Å². The third kappa shape index (κ3) is 57.0. The highest BCUT2D eigenvalue weighted by Crippen LogP contribution is 2.13. The molecular weight excluding hydrogens is 885 g/mol. The van der Waals surface area contributed by atoms with Gasteiger partial charge >= 0.3 is 11.9 Å². The van der Waals surface area contributed by atoms with Crippen LogP contribution in [-0.4, -0.2) is 195 Å². The molecule has 17 heteroatoms. The van der Waals surface area contributed by atoms with Crippen molar-refractivity contribution in [2.24, 2.45) is 0 Å². The van der Waals surface area contributed by atoms with Crippen LogP contribution >= 0.6 is 0 Å². The van der Waals surface area contributed by atoms with E-state index in [-0.39, 0.29) is 31.8 Å². The lowest BCUT2D eigenvalue weighted by molar-refractivity contribution is -0.163. The van der Waals surface area contributed by atoms with Gasteiger partial charge in [-0.25, -0.2) is 0 Å². The van der Waals surface area contributed by atoms with E-state index in [1.807, 2.05) is 0 Å². The van der Waals surface area contributed by atoms with E-state index in [1.165, 1.54) is 77.0 Å². The van der Waals surface area contributed by atoms with Crippen molar-refractivity contribution < 1.29 is 81.0 Å². The molecule has 0 aliphatic carbocycles. The lowest BCUT2D eigenvalue weighted by Crippen LogP contribution is -2.30. The van der Waals surface area contributed by atoms with Gasteiger partial charge < -0.3 is 71.4 Å². The van der Waals surface area contributed by atoms with Gasteiger partial charge in [0.1, 0.15) is 6.61 Å². The summed E-state index contributed by atoms with van der Waals surface area (Å²) in [6.45, 7) is 15.1. The van der Waals surface area contributed by atoms with Crippen LogP contribution < -0.4 is 0 Å². The number of hydrogen-bond donors (Lipinski definition) is 1. The van der Waals surface area contributed by atoms with Gasteiger partial charge in [-0.1, -0.05) is 117 Å². The predicted molar refractivity (Wildman–Crippen MR) is 261 cm³/mol. The Balaban J connectivity index is 3.75. The Kier molecular flexibility index (Phi) is 58.3. The first-order valence-electron chi connectivity index (χ1n) is 26.5. The molecule has 0 amide bonds. The normalized spacial score (nSPS) is 12.0. The highest BCUT2D eigenvalue weighted by molar-refractivity contribution is 5.70. The van der Waals surface area contributed by atoms with Gasteiger partial charge in [-0.05, 0) is 12.8 Å². The minimum Gasteiger partial charge on any atom is -0.462 e. The summed E-state index contributed by atoms with van der Waals surface area (Å²) in [7, 11) is 0. The van der Waals surface area contributed by atoms with Gasteiger partial charge in [0.2, 0.25) is 0 Å². The molecular formula is C51H100O17. The topological polar surface area (TPSA) is 184 Å². The quantitative estimate of drug-likeness (QED) is 0.0467. The van der Waals surface area contributed by atoms with Gasteiger partial charge in [-0.2, -0.15) is 0 Å². The second-order valence-corrected chi connectivity index (χ2v) is 16.5. The lowest BCUT2D eigenvalue weighted by Gasteiger charge is -2.18. The van der Waals surface area contributed by atoms with Crippen LogP contribution in [0.2, 0.25) is 0 Å². The second-order valence-electron chi connectivity index (χ2n) is 16.5. The second kappa shape index (κ2) is 59.7. The molecule has 0 aliphatic rings. The molecule has 0 unspecified atom stereocenters. The molecule has 0 saturated carbocycles. The van der Waals surface area contributed by atoms with Crippen molar-refractivity contribution in [2.75, 3.05) is 172 Å². The molecule has 0 radical (unpaired) electrons. The largest absolute Gasteiger partial charge is 0.462 e. The summed E-state index contributed by atoms with van der Waals surface area (Å²) in [6, 6.07) is 0. The van der Waals surface area contributed by atoms with E-state index in [1.54, 1.807) is 0 Å². The molecule has 0 spiro atoms. The zero-order valence-corrected chi connectivity index (χ0v) is 43.1. The van der Waals surface area contributed by atoms with Crippen molar-refractivity contribution in [3.8, 4) is 0 Å². The Morgan fingerprint density at radius 2 is 0.559 bits per heavy atom. The molecule has 0 aliphatic heterocycles. The number of esters is 2. The van der Waals surface area contributed by atoms with E-state index < -0.39 is 6.10 Å². The average Bonchev–Trinajstić information content (AvgIpc) is 3.34. The van der Waals surface area contributed by atoms with Crippen molar-refractivity contribution in [1.82, 2.24) is 0 Å². The summed E-state index contributed by atoms with van der Waals surface area (Å²) in [5.74, 6) is -0.537. The Morgan fingerprint density at radius 1 is 0.309 bits per heavy atom. The Bertz CT molecular complexity index is 981. The Hall–Kier alpha value is -1.58.